The van der Waals surface area contributed by atoms with E-state index in [2.05, 4.69) is 29.3 Å². The summed E-state index contributed by atoms with van der Waals surface area (Å²) < 4.78 is 45.9. The number of aryl methyl sites for hydroxylation is 2. The van der Waals surface area contributed by atoms with E-state index in [1.165, 1.54) is 36.6 Å². The maximum absolute atomic E-state index is 14.1. The second-order valence-electron chi connectivity index (χ2n) is 25.5. The molecular formula is C79H103N3O15. The van der Waals surface area contributed by atoms with Gasteiger partial charge in [0, 0.05) is 6.08 Å². The maximum Gasteiger partial charge on any atom is 0.343 e. The molecule has 18 heteroatoms. The number of aromatic carboxylic acids is 1. The van der Waals surface area contributed by atoms with Crippen molar-refractivity contribution in [1.29, 1.82) is 5.26 Å². The molecule has 0 aliphatic carbocycles. The Morgan fingerprint density at radius 1 is 0.536 bits per heavy atom. The Bertz CT molecular complexity index is 3280. The van der Waals surface area contributed by atoms with Gasteiger partial charge in [0.1, 0.15) is 29.6 Å². The molecule has 0 spiro atoms. The predicted octanol–water partition coefficient (Wildman–Crippen LogP) is 18.8. The fourth-order valence-corrected chi connectivity index (χ4v) is 10.7. The molecule has 524 valence electrons. The number of carboxylic acid groups (broad SMARTS) is 1. The smallest absolute Gasteiger partial charge is 0.343 e. The molecule has 0 fully saturated rings. The van der Waals surface area contributed by atoms with Crippen molar-refractivity contribution in [2.75, 3.05) is 46.2 Å². The van der Waals surface area contributed by atoms with Gasteiger partial charge in [-0.3, -0.25) is 14.4 Å². The van der Waals surface area contributed by atoms with E-state index in [1.807, 2.05) is 56.3 Å². The number of carbonyl (C=O) groups excluding carboxylic acids is 5. The van der Waals surface area contributed by atoms with Crippen LogP contribution in [0.1, 0.15) is 220 Å². The summed E-state index contributed by atoms with van der Waals surface area (Å²) in [4.78, 5) is 77.6. The number of azo groups is 1. The summed E-state index contributed by atoms with van der Waals surface area (Å²) in [6.07, 6.45) is 22.3. The predicted molar refractivity (Wildman–Crippen MR) is 375 cm³/mol. The standard InChI is InChI=1S/C79H103N3O15/c1-7-9-20-29-61-30-27-31-67(57-61)82-81-66-38-44-70(45-39-66)92-51-22-16-18-24-52-94-74(86)65(59-79(6,8-2)77(89)96-54-26-19-17-23-50-90-68-40-34-63(35-41-68)73(84)85)58-78(4,5)76(88)95-53-25-15-13-11-10-12-14-21-49-91-69-42-36-64(37-43-69)75(87)97-71-46-32-62(56-60(71)3)33-47-72(83)93-55-28-48-80/h27,30-47,56-57,65H,7-26,28-29,49-55,58-59H2,1-6H3,(H,84,85)/b47-33+,82-81?. The van der Waals surface area contributed by atoms with Gasteiger partial charge in [-0.2, -0.15) is 15.5 Å². The normalized spacial score (nSPS) is 12.3. The molecule has 1 N–H and O–H groups in total. The topological polar surface area (TPSA) is 245 Å². The zero-order valence-corrected chi connectivity index (χ0v) is 58.1. The second-order valence-corrected chi connectivity index (χ2v) is 25.5. The van der Waals surface area contributed by atoms with E-state index in [-0.39, 0.29) is 51.3 Å². The highest BCUT2D eigenvalue weighted by Gasteiger charge is 2.43. The Balaban J connectivity index is 0.989. The third-order valence-electron chi connectivity index (χ3n) is 16.8. The van der Waals surface area contributed by atoms with Crippen LogP contribution in [0.25, 0.3) is 6.08 Å². The van der Waals surface area contributed by atoms with Crippen LogP contribution >= 0.6 is 0 Å². The maximum atomic E-state index is 14.1. The molecule has 0 aliphatic rings. The zero-order valence-electron chi connectivity index (χ0n) is 58.1. The lowest BCUT2D eigenvalue weighted by Gasteiger charge is -2.33. The van der Waals surface area contributed by atoms with Crippen LogP contribution in [-0.4, -0.2) is 87.2 Å². The lowest BCUT2D eigenvalue weighted by molar-refractivity contribution is -0.162. The van der Waals surface area contributed by atoms with E-state index in [0.717, 1.165) is 125 Å². The van der Waals surface area contributed by atoms with Crippen molar-refractivity contribution < 1.29 is 71.8 Å². The number of benzene rings is 5. The first-order valence-corrected chi connectivity index (χ1v) is 34.9. The molecule has 5 rings (SSSR count). The average Bonchev–Trinajstić information content (AvgIpc) is 0.841. The number of nitrogens with zero attached hydrogens (tertiary/aromatic N) is 3. The van der Waals surface area contributed by atoms with Crippen LogP contribution in [0.5, 0.6) is 23.0 Å². The van der Waals surface area contributed by atoms with Gasteiger partial charge in [-0.25, -0.2) is 14.4 Å². The van der Waals surface area contributed by atoms with Gasteiger partial charge in [-0.15, -0.1) is 0 Å². The SMILES string of the molecule is CCCCCc1cccc(N=Nc2ccc(OCCCCCCOC(=O)C(CC(C)(C)C(=O)OCCCCCCCCCCOc3ccc(C(=O)Oc4ccc(/C=C/C(=O)OCCC#N)cc4C)cc3)CC(C)(CC)C(=O)OCCCCCCOc3ccc(C(=O)O)cc3)cc2)c1. The van der Waals surface area contributed by atoms with Crippen LogP contribution in [0.2, 0.25) is 0 Å². The molecule has 0 saturated heterocycles. The van der Waals surface area contributed by atoms with Crippen molar-refractivity contribution in [2.45, 2.75) is 196 Å². The number of carboxylic acids is 1. The Labute approximate surface area is 574 Å². The van der Waals surface area contributed by atoms with Gasteiger partial charge in [0.05, 0.1) is 91.4 Å². The van der Waals surface area contributed by atoms with Gasteiger partial charge in [-0.05, 0) is 244 Å². The van der Waals surface area contributed by atoms with Crippen LogP contribution in [0.4, 0.5) is 11.4 Å². The fraction of sp³-hybridized carbons (Fsp3) is 0.506. The van der Waals surface area contributed by atoms with Gasteiger partial charge < -0.3 is 43.0 Å². The lowest BCUT2D eigenvalue weighted by atomic mass is 9.73. The lowest BCUT2D eigenvalue weighted by Crippen LogP contribution is -2.38. The molecule has 5 aromatic rings. The number of ether oxygens (including phenoxy) is 8. The molecule has 0 saturated carbocycles. The van der Waals surface area contributed by atoms with E-state index in [9.17, 15) is 28.8 Å². The minimum absolute atomic E-state index is 0.0342. The first-order chi connectivity index (χ1) is 46.9. The quantitative estimate of drug-likeness (QED) is 0.00950. The molecule has 2 unspecified atom stereocenters. The number of hydrogen-bond acceptors (Lipinski definition) is 17. The van der Waals surface area contributed by atoms with Gasteiger partial charge in [-0.1, -0.05) is 83.4 Å². The van der Waals surface area contributed by atoms with E-state index >= 15 is 0 Å². The summed E-state index contributed by atoms with van der Waals surface area (Å²) in [7, 11) is 0. The highest BCUT2D eigenvalue weighted by atomic mass is 16.6. The van der Waals surface area contributed by atoms with Crippen LogP contribution in [0.15, 0.2) is 132 Å². The number of esters is 5. The molecule has 97 heavy (non-hydrogen) atoms. The molecule has 0 aliphatic heterocycles. The van der Waals surface area contributed by atoms with Crippen LogP contribution < -0.4 is 18.9 Å². The van der Waals surface area contributed by atoms with Gasteiger partial charge in [0.2, 0.25) is 0 Å². The van der Waals surface area contributed by atoms with Gasteiger partial charge >= 0.3 is 35.8 Å². The molecule has 0 amide bonds. The Morgan fingerprint density at radius 3 is 1.59 bits per heavy atom. The highest BCUT2D eigenvalue weighted by molar-refractivity contribution is 5.91. The molecule has 18 nitrogen and oxygen atoms in total. The highest BCUT2D eigenvalue weighted by Crippen LogP contribution is 2.39. The number of carbonyl (C=O) groups is 6. The third kappa shape index (κ3) is 31.3. The van der Waals surface area contributed by atoms with Crippen LogP contribution in [0.3, 0.4) is 0 Å². The molecular weight excluding hydrogens is 1230 g/mol. The van der Waals surface area contributed by atoms with E-state index in [0.29, 0.717) is 67.5 Å². The first-order valence-electron chi connectivity index (χ1n) is 34.9. The summed E-state index contributed by atoms with van der Waals surface area (Å²) in [5.41, 5.74) is 2.81. The van der Waals surface area contributed by atoms with Crippen LogP contribution in [-0.2, 0) is 44.5 Å². The summed E-state index contributed by atoms with van der Waals surface area (Å²) in [5.74, 6) is -1.63. The van der Waals surface area contributed by atoms with E-state index in [1.54, 1.807) is 81.4 Å². The summed E-state index contributed by atoms with van der Waals surface area (Å²) in [6.45, 7) is 13.6. The van der Waals surface area contributed by atoms with E-state index in [4.69, 9.17) is 48.3 Å². The molecule has 0 radical (unpaired) electrons. The van der Waals surface area contributed by atoms with Gasteiger partial charge in [0.15, 0.2) is 0 Å². The first kappa shape index (κ1) is 78.8. The minimum atomic E-state index is -1.05. The van der Waals surface area contributed by atoms with Crippen molar-refractivity contribution >= 4 is 53.3 Å². The van der Waals surface area contributed by atoms with E-state index < -0.39 is 52.6 Å². The number of unbranched alkanes of at least 4 members (excludes halogenated alkanes) is 15. The Morgan fingerprint density at radius 2 is 1.05 bits per heavy atom. The summed E-state index contributed by atoms with van der Waals surface area (Å²) in [6, 6.07) is 36.0. The van der Waals surface area contributed by atoms with Crippen molar-refractivity contribution in [3.63, 3.8) is 0 Å². The molecule has 0 aromatic heterocycles. The molecule has 0 heterocycles. The fourth-order valence-electron chi connectivity index (χ4n) is 10.7. The monoisotopic (exact) mass is 1330 g/mol. The molecule has 0 bridgehead atoms. The van der Waals surface area contributed by atoms with Crippen LogP contribution in [0, 0.1) is 35.0 Å². The van der Waals surface area contributed by atoms with Crippen molar-refractivity contribution in [2.24, 2.45) is 27.0 Å². The minimum Gasteiger partial charge on any atom is -0.494 e. The second kappa shape index (κ2) is 44.8. The molecule has 5 aromatic carbocycles. The summed E-state index contributed by atoms with van der Waals surface area (Å²) in [5, 5.41) is 26.6. The largest absolute Gasteiger partial charge is 0.494 e. The third-order valence-corrected chi connectivity index (χ3v) is 16.8. The number of rotatable bonds is 49. The zero-order chi connectivity index (χ0) is 69.9. The Hall–Kier alpha value is -8.85. The van der Waals surface area contributed by atoms with Crippen molar-refractivity contribution in [1.82, 2.24) is 0 Å². The van der Waals surface area contributed by atoms with Crippen molar-refractivity contribution in [3.05, 3.63) is 149 Å². The average molecular weight is 1330 g/mol. The molecule has 2 atom stereocenters. The summed E-state index contributed by atoms with van der Waals surface area (Å²) >= 11 is 0. The number of hydrogen-bond donors (Lipinski definition) is 1. The Kier molecular flexibility index (Phi) is 36.4. The number of nitriles is 1. The van der Waals surface area contributed by atoms with Gasteiger partial charge in [0.25, 0.3) is 0 Å². The van der Waals surface area contributed by atoms with Crippen molar-refractivity contribution in [3.8, 4) is 29.1 Å².